The fraction of sp³-hybridized carbons (Fsp3) is 0.160. The smallest absolute Gasteiger partial charge is 0.268 e. The average Bonchev–Trinajstić information content (AvgIpc) is 3.49. The molecule has 160 valence electrons. The second-order valence-corrected chi connectivity index (χ2v) is 7.59. The number of fused-ring (bicyclic) bond motifs is 1. The lowest BCUT2D eigenvalue weighted by molar-refractivity contribution is -0.125. The van der Waals surface area contributed by atoms with Crippen molar-refractivity contribution in [2.24, 2.45) is 5.16 Å². The van der Waals surface area contributed by atoms with E-state index in [1.807, 2.05) is 53.3 Å². The highest BCUT2D eigenvalue weighted by Crippen LogP contribution is 2.25. The summed E-state index contributed by atoms with van der Waals surface area (Å²) < 4.78 is 7.19. The Kier molecular flexibility index (Phi) is 5.29. The first-order chi connectivity index (χ1) is 15.7. The van der Waals surface area contributed by atoms with Gasteiger partial charge in [-0.2, -0.15) is 5.10 Å². The largest absolute Gasteiger partial charge is 0.496 e. The number of ether oxygens (including phenoxy) is 1. The number of hydrogen-bond acceptors (Lipinski definition) is 5. The van der Waals surface area contributed by atoms with Crippen LogP contribution in [0.15, 0.2) is 84.3 Å². The van der Waals surface area contributed by atoms with Crippen molar-refractivity contribution >= 4 is 28.1 Å². The lowest BCUT2D eigenvalue weighted by atomic mass is 10.0. The third-order valence-corrected chi connectivity index (χ3v) is 5.49. The van der Waals surface area contributed by atoms with E-state index in [2.05, 4.69) is 39.8 Å². The number of amides is 1. The zero-order valence-electron chi connectivity index (χ0n) is 17.6. The van der Waals surface area contributed by atoms with Crippen molar-refractivity contribution in [3.05, 3.63) is 90.3 Å². The maximum atomic E-state index is 12.7. The van der Waals surface area contributed by atoms with E-state index >= 15 is 0 Å². The van der Waals surface area contributed by atoms with Gasteiger partial charge in [0.05, 0.1) is 31.3 Å². The number of hydrogen-bond donors (Lipinski definition) is 1. The molecule has 0 spiro atoms. The quantitative estimate of drug-likeness (QED) is 0.501. The van der Waals surface area contributed by atoms with E-state index in [4.69, 9.17) is 9.57 Å². The second-order valence-electron chi connectivity index (χ2n) is 7.59. The van der Waals surface area contributed by atoms with Crippen LogP contribution >= 0.6 is 0 Å². The Labute approximate surface area is 185 Å². The molecule has 0 bridgehead atoms. The van der Waals surface area contributed by atoms with Gasteiger partial charge >= 0.3 is 0 Å². The topological polar surface area (TPSA) is 77.7 Å². The highest BCUT2D eigenvalue weighted by Gasteiger charge is 2.30. The first kappa shape index (κ1) is 19.8. The maximum Gasteiger partial charge on any atom is 0.268 e. The molecule has 32 heavy (non-hydrogen) atoms. The standard InChI is InChI=1S/C25H22N4O3/c1-31-23-12-5-4-11-21(23)22-13-24(32-28-22)25(30)27-19-14-26-29(16-19)15-18-9-6-8-17-7-2-3-10-20(17)18/h2-12,14,16,24H,13,15H2,1H3,(H,27,30). The minimum Gasteiger partial charge on any atom is -0.496 e. The number of oxime groups is 1. The van der Waals surface area contributed by atoms with Crippen LogP contribution in [0.5, 0.6) is 5.75 Å². The molecular weight excluding hydrogens is 404 g/mol. The summed E-state index contributed by atoms with van der Waals surface area (Å²) >= 11 is 0. The van der Waals surface area contributed by atoms with Crippen molar-refractivity contribution in [1.82, 2.24) is 9.78 Å². The Balaban J connectivity index is 1.24. The molecule has 0 saturated heterocycles. The number of benzene rings is 3. The lowest BCUT2D eigenvalue weighted by Gasteiger charge is -2.09. The Morgan fingerprint density at radius 1 is 1.12 bits per heavy atom. The van der Waals surface area contributed by atoms with Crippen molar-refractivity contribution in [3.8, 4) is 5.75 Å². The van der Waals surface area contributed by atoms with Gasteiger partial charge in [0.15, 0.2) is 0 Å². The van der Waals surface area contributed by atoms with Crippen LogP contribution in [0.1, 0.15) is 17.5 Å². The number of rotatable bonds is 6. The molecule has 1 aliphatic rings. The Morgan fingerprint density at radius 2 is 1.94 bits per heavy atom. The second kappa shape index (κ2) is 8.55. The predicted molar refractivity (Wildman–Crippen MR) is 123 cm³/mol. The predicted octanol–water partition coefficient (Wildman–Crippen LogP) is 4.22. The van der Waals surface area contributed by atoms with Crippen LogP contribution in [0.2, 0.25) is 0 Å². The van der Waals surface area contributed by atoms with E-state index in [0.29, 0.717) is 30.1 Å². The van der Waals surface area contributed by atoms with Crippen LogP contribution in [-0.2, 0) is 16.2 Å². The van der Waals surface area contributed by atoms with Gasteiger partial charge in [-0.25, -0.2) is 0 Å². The summed E-state index contributed by atoms with van der Waals surface area (Å²) in [4.78, 5) is 18.1. The average molecular weight is 426 g/mol. The number of nitrogens with one attached hydrogen (secondary N) is 1. The summed E-state index contributed by atoms with van der Waals surface area (Å²) in [6.07, 6.45) is 3.13. The summed E-state index contributed by atoms with van der Waals surface area (Å²) in [5.74, 6) is 0.439. The molecule has 0 saturated carbocycles. The maximum absolute atomic E-state index is 12.7. The fourth-order valence-electron chi connectivity index (χ4n) is 3.90. The number of aromatic nitrogens is 2. The minimum absolute atomic E-state index is 0.261. The highest BCUT2D eigenvalue weighted by molar-refractivity contribution is 6.07. The van der Waals surface area contributed by atoms with Crippen molar-refractivity contribution in [2.45, 2.75) is 19.1 Å². The number of methoxy groups -OCH3 is 1. The fourth-order valence-corrected chi connectivity index (χ4v) is 3.90. The number of para-hydroxylation sites is 1. The summed E-state index contributed by atoms with van der Waals surface area (Å²) in [7, 11) is 1.61. The molecule has 1 atom stereocenters. The van der Waals surface area contributed by atoms with Crippen molar-refractivity contribution in [3.63, 3.8) is 0 Å². The van der Waals surface area contributed by atoms with E-state index in [1.165, 1.54) is 10.8 Å². The Morgan fingerprint density at radius 3 is 2.84 bits per heavy atom. The van der Waals surface area contributed by atoms with E-state index in [9.17, 15) is 4.79 Å². The van der Waals surface area contributed by atoms with Gasteiger partial charge in [-0.05, 0) is 28.5 Å². The summed E-state index contributed by atoms with van der Waals surface area (Å²) in [5.41, 5.74) is 3.30. The molecule has 1 unspecified atom stereocenters. The van der Waals surface area contributed by atoms with Crippen molar-refractivity contribution in [1.29, 1.82) is 0 Å². The van der Waals surface area contributed by atoms with Gasteiger partial charge in [0, 0.05) is 18.2 Å². The van der Waals surface area contributed by atoms with Crippen LogP contribution in [-0.4, -0.2) is 34.6 Å². The molecule has 0 radical (unpaired) electrons. The molecule has 1 amide bonds. The molecular formula is C25H22N4O3. The summed E-state index contributed by atoms with van der Waals surface area (Å²) in [6.45, 7) is 0.609. The van der Waals surface area contributed by atoms with Gasteiger partial charge in [-0.3, -0.25) is 9.48 Å². The molecule has 2 heterocycles. The Bertz CT molecular complexity index is 1310. The molecule has 5 rings (SSSR count). The number of carbonyl (C=O) groups excluding carboxylic acids is 1. The summed E-state index contributed by atoms with van der Waals surface area (Å²) in [6, 6.07) is 22.0. The van der Waals surface area contributed by atoms with Gasteiger partial charge in [0.1, 0.15) is 5.75 Å². The molecule has 1 aliphatic heterocycles. The molecule has 7 heteroatoms. The van der Waals surface area contributed by atoms with Gasteiger partial charge in [0.25, 0.3) is 5.91 Å². The normalized spacial score (nSPS) is 15.3. The molecule has 7 nitrogen and oxygen atoms in total. The first-order valence-corrected chi connectivity index (χ1v) is 10.4. The van der Waals surface area contributed by atoms with Gasteiger partial charge in [-0.1, -0.05) is 59.8 Å². The monoisotopic (exact) mass is 426 g/mol. The summed E-state index contributed by atoms with van der Waals surface area (Å²) in [5, 5.41) is 13.8. The van der Waals surface area contributed by atoms with Gasteiger partial charge < -0.3 is 14.9 Å². The van der Waals surface area contributed by atoms with Crippen LogP contribution in [0, 0.1) is 0 Å². The van der Waals surface area contributed by atoms with Crippen molar-refractivity contribution < 1.29 is 14.4 Å². The highest BCUT2D eigenvalue weighted by atomic mass is 16.6. The molecule has 3 aromatic carbocycles. The zero-order chi connectivity index (χ0) is 21.9. The van der Waals surface area contributed by atoms with Crippen LogP contribution in [0.3, 0.4) is 0 Å². The lowest BCUT2D eigenvalue weighted by Crippen LogP contribution is -2.27. The molecule has 1 N–H and O–H groups in total. The van der Waals surface area contributed by atoms with E-state index in [-0.39, 0.29) is 5.91 Å². The number of nitrogens with zero attached hydrogens (tertiary/aromatic N) is 3. The SMILES string of the molecule is COc1ccccc1C1=NOC(C(=O)Nc2cnn(Cc3cccc4ccccc34)c2)C1. The van der Waals surface area contributed by atoms with Crippen LogP contribution in [0.4, 0.5) is 5.69 Å². The molecule has 1 aromatic heterocycles. The third kappa shape index (κ3) is 3.92. The Hall–Kier alpha value is -4.13. The van der Waals surface area contributed by atoms with Gasteiger partial charge in [-0.15, -0.1) is 0 Å². The minimum atomic E-state index is -0.698. The van der Waals surface area contributed by atoms with Crippen LogP contribution in [0.25, 0.3) is 10.8 Å². The first-order valence-electron chi connectivity index (χ1n) is 10.4. The molecule has 4 aromatic rings. The number of carbonyl (C=O) groups is 1. The number of anilines is 1. The van der Waals surface area contributed by atoms with E-state index in [0.717, 1.165) is 11.1 Å². The van der Waals surface area contributed by atoms with Crippen LogP contribution < -0.4 is 10.1 Å². The third-order valence-electron chi connectivity index (χ3n) is 5.49. The molecule has 0 fully saturated rings. The van der Waals surface area contributed by atoms with E-state index < -0.39 is 6.10 Å². The zero-order valence-corrected chi connectivity index (χ0v) is 17.6. The van der Waals surface area contributed by atoms with Gasteiger partial charge in [0.2, 0.25) is 6.10 Å². The van der Waals surface area contributed by atoms with E-state index in [1.54, 1.807) is 13.3 Å². The molecule has 0 aliphatic carbocycles. The van der Waals surface area contributed by atoms with Crippen molar-refractivity contribution in [2.75, 3.05) is 12.4 Å².